The van der Waals surface area contributed by atoms with Crippen LogP contribution >= 0.6 is 0 Å². The molecule has 150 valence electrons. The number of halogens is 1. The molecule has 1 aromatic carbocycles. The molecule has 3 atom stereocenters. The van der Waals surface area contributed by atoms with Crippen molar-refractivity contribution in [3.8, 4) is 0 Å². The van der Waals surface area contributed by atoms with Crippen LogP contribution in [0.25, 0.3) is 0 Å². The van der Waals surface area contributed by atoms with Crippen molar-refractivity contribution in [1.29, 1.82) is 0 Å². The molecule has 1 heteroatoms. The minimum Gasteiger partial charge on any atom is -0.207 e. The SMILES string of the molecule is CCCC(CCC(C)C(C)CC)CC(C)(C)CCCc1ccc(F)cc1. The second kappa shape index (κ2) is 11.8. The predicted molar refractivity (Wildman–Crippen MR) is 114 cm³/mol. The lowest BCUT2D eigenvalue weighted by atomic mass is 9.75. The molecule has 0 bridgehead atoms. The zero-order valence-electron chi connectivity index (χ0n) is 18.3. The van der Waals surface area contributed by atoms with E-state index >= 15 is 0 Å². The monoisotopic (exact) mass is 362 g/mol. The van der Waals surface area contributed by atoms with E-state index in [2.05, 4.69) is 41.5 Å². The first-order valence-corrected chi connectivity index (χ1v) is 11.0. The van der Waals surface area contributed by atoms with E-state index in [1.165, 1.54) is 56.9 Å². The van der Waals surface area contributed by atoms with Gasteiger partial charge in [-0.2, -0.15) is 0 Å². The molecule has 1 rings (SSSR count). The van der Waals surface area contributed by atoms with Crippen LogP contribution in [0.3, 0.4) is 0 Å². The van der Waals surface area contributed by atoms with Crippen LogP contribution in [0.2, 0.25) is 0 Å². The van der Waals surface area contributed by atoms with E-state index in [-0.39, 0.29) is 5.82 Å². The average Bonchev–Trinajstić information content (AvgIpc) is 2.60. The minimum atomic E-state index is -0.136. The van der Waals surface area contributed by atoms with Gasteiger partial charge in [0.05, 0.1) is 0 Å². The van der Waals surface area contributed by atoms with Gasteiger partial charge in [-0.1, -0.05) is 85.8 Å². The number of hydrogen-bond acceptors (Lipinski definition) is 0. The lowest BCUT2D eigenvalue weighted by Gasteiger charge is -2.31. The number of benzene rings is 1. The van der Waals surface area contributed by atoms with Gasteiger partial charge >= 0.3 is 0 Å². The maximum atomic E-state index is 13.0. The molecule has 0 spiro atoms. The molecule has 0 heterocycles. The second-order valence-corrected chi connectivity index (χ2v) is 9.44. The summed E-state index contributed by atoms with van der Waals surface area (Å²) in [6.45, 7) is 14.4. The van der Waals surface area contributed by atoms with E-state index in [1.807, 2.05) is 12.1 Å². The maximum absolute atomic E-state index is 13.0. The normalized spacial score (nSPS) is 15.7. The quantitative estimate of drug-likeness (QED) is 0.330. The van der Waals surface area contributed by atoms with Crippen molar-refractivity contribution in [2.75, 3.05) is 0 Å². The van der Waals surface area contributed by atoms with Gasteiger partial charge in [0, 0.05) is 0 Å². The van der Waals surface area contributed by atoms with E-state index in [9.17, 15) is 4.39 Å². The first-order valence-electron chi connectivity index (χ1n) is 11.0. The summed E-state index contributed by atoms with van der Waals surface area (Å²) in [5.41, 5.74) is 1.66. The Labute approximate surface area is 163 Å². The Kier molecular flexibility index (Phi) is 10.5. The highest BCUT2D eigenvalue weighted by molar-refractivity contribution is 5.16. The highest BCUT2D eigenvalue weighted by atomic mass is 19.1. The van der Waals surface area contributed by atoms with Gasteiger partial charge in [-0.15, -0.1) is 0 Å². The molecule has 0 nitrogen and oxygen atoms in total. The molecular weight excluding hydrogens is 319 g/mol. The molecule has 0 aliphatic heterocycles. The summed E-state index contributed by atoms with van der Waals surface area (Å²) in [5, 5.41) is 0. The third-order valence-corrected chi connectivity index (χ3v) is 6.42. The van der Waals surface area contributed by atoms with E-state index in [0.29, 0.717) is 5.41 Å². The molecule has 0 fully saturated rings. The fraction of sp³-hybridized carbons (Fsp3) is 0.760. The number of hydrogen-bond donors (Lipinski definition) is 0. The van der Waals surface area contributed by atoms with Gasteiger partial charge in [-0.3, -0.25) is 0 Å². The molecule has 0 aliphatic rings. The first kappa shape index (κ1) is 23.2. The van der Waals surface area contributed by atoms with Crippen LogP contribution in [0.4, 0.5) is 4.39 Å². The van der Waals surface area contributed by atoms with E-state index in [1.54, 1.807) is 12.1 Å². The van der Waals surface area contributed by atoms with Crippen molar-refractivity contribution in [2.45, 2.75) is 99.3 Å². The summed E-state index contributed by atoms with van der Waals surface area (Å²) >= 11 is 0. The summed E-state index contributed by atoms with van der Waals surface area (Å²) in [5.74, 6) is 2.43. The smallest absolute Gasteiger partial charge is 0.123 e. The summed E-state index contributed by atoms with van der Waals surface area (Å²) in [6, 6.07) is 7.02. The minimum absolute atomic E-state index is 0.136. The summed E-state index contributed by atoms with van der Waals surface area (Å²) in [6.07, 6.45) is 11.6. The average molecular weight is 363 g/mol. The summed E-state index contributed by atoms with van der Waals surface area (Å²) in [7, 11) is 0. The maximum Gasteiger partial charge on any atom is 0.123 e. The van der Waals surface area contributed by atoms with E-state index in [0.717, 1.165) is 24.2 Å². The molecule has 1 aromatic rings. The fourth-order valence-electron chi connectivity index (χ4n) is 4.25. The van der Waals surface area contributed by atoms with Crippen LogP contribution in [0, 0.1) is 29.0 Å². The lowest BCUT2D eigenvalue weighted by molar-refractivity contribution is 0.210. The highest BCUT2D eigenvalue weighted by Gasteiger charge is 2.23. The van der Waals surface area contributed by atoms with Crippen LogP contribution in [0.5, 0.6) is 0 Å². The van der Waals surface area contributed by atoms with Crippen molar-refractivity contribution in [2.24, 2.45) is 23.2 Å². The van der Waals surface area contributed by atoms with Crippen molar-refractivity contribution in [3.05, 3.63) is 35.6 Å². The largest absolute Gasteiger partial charge is 0.207 e. The van der Waals surface area contributed by atoms with Gasteiger partial charge < -0.3 is 0 Å². The van der Waals surface area contributed by atoms with Gasteiger partial charge in [0.15, 0.2) is 0 Å². The fourth-order valence-corrected chi connectivity index (χ4v) is 4.25. The topological polar surface area (TPSA) is 0 Å². The molecular formula is C25H43F. The number of rotatable bonds is 13. The van der Waals surface area contributed by atoms with Crippen LogP contribution in [0.1, 0.15) is 98.5 Å². The Morgan fingerprint density at radius 1 is 0.923 bits per heavy atom. The lowest BCUT2D eigenvalue weighted by Crippen LogP contribution is -2.19. The van der Waals surface area contributed by atoms with E-state index in [4.69, 9.17) is 0 Å². The van der Waals surface area contributed by atoms with Crippen molar-refractivity contribution in [3.63, 3.8) is 0 Å². The summed E-state index contributed by atoms with van der Waals surface area (Å²) in [4.78, 5) is 0. The predicted octanol–water partition coefficient (Wildman–Crippen LogP) is 8.44. The van der Waals surface area contributed by atoms with Crippen molar-refractivity contribution >= 4 is 0 Å². The molecule has 0 aromatic heterocycles. The molecule has 0 N–H and O–H groups in total. The van der Waals surface area contributed by atoms with Gasteiger partial charge in [-0.05, 0) is 66.5 Å². The van der Waals surface area contributed by atoms with E-state index < -0.39 is 0 Å². The van der Waals surface area contributed by atoms with Gasteiger partial charge in [0.1, 0.15) is 5.82 Å². The molecule has 3 unspecified atom stereocenters. The zero-order chi connectivity index (χ0) is 19.6. The number of aryl methyl sites for hydroxylation is 1. The van der Waals surface area contributed by atoms with Crippen LogP contribution < -0.4 is 0 Å². The first-order chi connectivity index (χ1) is 12.3. The van der Waals surface area contributed by atoms with Crippen LogP contribution in [-0.2, 0) is 6.42 Å². The standard InChI is InChI=1S/C25H43F/c1-7-10-23(13-12-21(4)20(3)8-2)19-25(5,6)18-9-11-22-14-16-24(26)17-15-22/h14-17,20-21,23H,7-13,18-19H2,1-6H3. The Bertz CT molecular complexity index is 473. The van der Waals surface area contributed by atoms with Gasteiger partial charge in [0.2, 0.25) is 0 Å². The van der Waals surface area contributed by atoms with Crippen LogP contribution in [-0.4, -0.2) is 0 Å². The molecule has 0 radical (unpaired) electrons. The zero-order valence-corrected chi connectivity index (χ0v) is 18.3. The summed E-state index contributed by atoms with van der Waals surface area (Å²) < 4.78 is 13.0. The molecule has 26 heavy (non-hydrogen) atoms. The Hall–Kier alpha value is -0.850. The Morgan fingerprint density at radius 2 is 1.58 bits per heavy atom. The molecule has 0 saturated carbocycles. The Balaban J connectivity index is 2.44. The van der Waals surface area contributed by atoms with Gasteiger partial charge in [-0.25, -0.2) is 4.39 Å². The molecule has 0 amide bonds. The third kappa shape index (κ3) is 9.19. The third-order valence-electron chi connectivity index (χ3n) is 6.42. The van der Waals surface area contributed by atoms with Crippen molar-refractivity contribution < 1.29 is 4.39 Å². The molecule has 0 aliphatic carbocycles. The highest BCUT2D eigenvalue weighted by Crippen LogP contribution is 2.36. The van der Waals surface area contributed by atoms with Crippen molar-refractivity contribution in [1.82, 2.24) is 0 Å². The molecule has 0 saturated heterocycles. The Morgan fingerprint density at radius 3 is 2.15 bits per heavy atom. The van der Waals surface area contributed by atoms with Crippen LogP contribution in [0.15, 0.2) is 24.3 Å². The van der Waals surface area contributed by atoms with Gasteiger partial charge in [0.25, 0.3) is 0 Å². The second-order valence-electron chi connectivity index (χ2n) is 9.44.